The molecule has 0 heterocycles. The zero-order valence-electron chi connectivity index (χ0n) is 10.6. The molecule has 0 spiro atoms. The second-order valence-electron chi connectivity index (χ2n) is 5.54. The molecule has 0 aromatic rings. The molecule has 1 aliphatic carbocycles. The minimum absolute atomic E-state index is 0.168. The Hall–Kier alpha value is -0.0800. The lowest BCUT2D eigenvalue weighted by Crippen LogP contribution is -2.35. The van der Waals surface area contributed by atoms with E-state index in [1.54, 1.807) is 0 Å². The van der Waals surface area contributed by atoms with Gasteiger partial charge in [-0.15, -0.1) is 0 Å². The number of aliphatic hydroxyl groups excluding tert-OH is 1. The summed E-state index contributed by atoms with van der Waals surface area (Å²) in [6.45, 7) is 6.16. The molecule has 0 aromatic heterocycles. The Balaban J connectivity index is 2.19. The third-order valence-corrected chi connectivity index (χ3v) is 3.56. The second kappa shape index (κ2) is 6.49. The molecule has 1 fully saturated rings. The maximum absolute atomic E-state index is 9.78. The van der Waals surface area contributed by atoms with E-state index < -0.39 is 0 Å². The van der Waals surface area contributed by atoms with Crippen LogP contribution in [0.15, 0.2) is 0 Å². The van der Waals surface area contributed by atoms with E-state index in [1.165, 1.54) is 38.6 Å². The van der Waals surface area contributed by atoms with Crippen LogP contribution in [0.4, 0.5) is 0 Å². The van der Waals surface area contributed by atoms with Crippen molar-refractivity contribution < 1.29 is 5.11 Å². The van der Waals surface area contributed by atoms with Crippen molar-refractivity contribution in [1.29, 1.82) is 0 Å². The fraction of sp³-hybridized carbons (Fsp3) is 1.00. The summed E-state index contributed by atoms with van der Waals surface area (Å²) in [5.74, 6) is 1.25. The van der Waals surface area contributed by atoms with Crippen molar-refractivity contribution in [1.82, 2.24) is 4.90 Å². The SMILES string of the molecule is CC(C)C(O)CN(C)CC1CCCCC1. The van der Waals surface area contributed by atoms with Crippen LogP contribution >= 0.6 is 0 Å². The van der Waals surface area contributed by atoms with Crippen molar-refractivity contribution in [2.24, 2.45) is 11.8 Å². The summed E-state index contributed by atoms with van der Waals surface area (Å²) in [5, 5.41) is 9.78. The number of hydrogen-bond acceptors (Lipinski definition) is 2. The lowest BCUT2D eigenvalue weighted by Gasteiger charge is -2.29. The number of nitrogens with zero attached hydrogens (tertiary/aromatic N) is 1. The van der Waals surface area contributed by atoms with Gasteiger partial charge >= 0.3 is 0 Å². The molecule has 2 nitrogen and oxygen atoms in total. The van der Waals surface area contributed by atoms with Crippen molar-refractivity contribution in [3.8, 4) is 0 Å². The molecular weight excluding hydrogens is 186 g/mol. The highest BCUT2D eigenvalue weighted by molar-refractivity contribution is 4.71. The first-order valence-electron chi connectivity index (χ1n) is 6.46. The van der Waals surface area contributed by atoms with Gasteiger partial charge in [-0.25, -0.2) is 0 Å². The Morgan fingerprint density at radius 1 is 1.20 bits per heavy atom. The van der Waals surface area contributed by atoms with E-state index >= 15 is 0 Å². The molecule has 1 aliphatic rings. The summed E-state index contributed by atoms with van der Waals surface area (Å²) in [4.78, 5) is 2.31. The van der Waals surface area contributed by atoms with Gasteiger partial charge in [-0.3, -0.25) is 0 Å². The van der Waals surface area contributed by atoms with E-state index in [1.807, 2.05) is 0 Å². The Kier molecular flexibility index (Phi) is 5.62. The molecule has 0 aromatic carbocycles. The number of likely N-dealkylation sites (N-methyl/N-ethyl adjacent to an activating group) is 1. The van der Waals surface area contributed by atoms with Crippen LogP contribution in [-0.4, -0.2) is 36.2 Å². The lowest BCUT2D eigenvalue weighted by atomic mass is 9.89. The fourth-order valence-electron chi connectivity index (χ4n) is 2.42. The number of aliphatic hydroxyl groups is 1. The minimum atomic E-state index is -0.168. The maximum atomic E-state index is 9.78. The molecular formula is C13H27NO. The highest BCUT2D eigenvalue weighted by atomic mass is 16.3. The Morgan fingerprint density at radius 3 is 2.33 bits per heavy atom. The van der Waals surface area contributed by atoms with Gasteiger partial charge in [-0.05, 0) is 31.7 Å². The van der Waals surface area contributed by atoms with Crippen LogP contribution in [0.25, 0.3) is 0 Å². The van der Waals surface area contributed by atoms with Crippen LogP contribution in [-0.2, 0) is 0 Å². The van der Waals surface area contributed by atoms with Gasteiger partial charge in [0.25, 0.3) is 0 Å². The normalized spacial score (nSPS) is 21.2. The van der Waals surface area contributed by atoms with E-state index in [9.17, 15) is 5.11 Å². The van der Waals surface area contributed by atoms with E-state index in [0.717, 1.165) is 12.5 Å². The van der Waals surface area contributed by atoms with Crippen LogP contribution in [0.2, 0.25) is 0 Å². The van der Waals surface area contributed by atoms with Gasteiger partial charge in [0, 0.05) is 13.1 Å². The summed E-state index contributed by atoms with van der Waals surface area (Å²) in [6.07, 6.45) is 6.86. The Labute approximate surface area is 94.7 Å². The van der Waals surface area contributed by atoms with Crippen molar-refractivity contribution >= 4 is 0 Å². The lowest BCUT2D eigenvalue weighted by molar-refractivity contribution is 0.0776. The molecule has 1 atom stereocenters. The van der Waals surface area contributed by atoms with Crippen LogP contribution in [0, 0.1) is 11.8 Å². The smallest absolute Gasteiger partial charge is 0.0689 e. The van der Waals surface area contributed by atoms with Crippen molar-refractivity contribution in [3.63, 3.8) is 0 Å². The van der Waals surface area contributed by atoms with Crippen molar-refractivity contribution in [2.75, 3.05) is 20.1 Å². The van der Waals surface area contributed by atoms with E-state index in [2.05, 4.69) is 25.8 Å². The molecule has 0 amide bonds. The van der Waals surface area contributed by atoms with Crippen molar-refractivity contribution in [2.45, 2.75) is 52.1 Å². The average Bonchev–Trinajstić information content (AvgIpc) is 2.18. The minimum Gasteiger partial charge on any atom is -0.392 e. The molecule has 0 bridgehead atoms. The quantitative estimate of drug-likeness (QED) is 0.758. The average molecular weight is 213 g/mol. The van der Waals surface area contributed by atoms with E-state index in [4.69, 9.17) is 0 Å². The molecule has 0 saturated heterocycles. The van der Waals surface area contributed by atoms with E-state index in [0.29, 0.717) is 5.92 Å². The fourth-order valence-corrected chi connectivity index (χ4v) is 2.42. The van der Waals surface area contributed by atoms with Gasteiger partial charge in [0.05, 0.1) is 6.10 Å². The molecule has 0 radical (unpaired) electrons. The zero-order chi connectivity index (χ0) is 11.3. The topological polar surface area (TPSA) is 23.5 Å². The molecule has 15 heavy (non-hydrogen) atoms. The summed E-state index contributed by atoms with van der Waals surface area (Å²) >= 11 is 0. The molecule has 1 saturated carbocycles. The third-order valence-electron chi connectivity index (χ3n) is 3.56. The molecule has 2 heteroatoms. The highest BCUT2D eigenvalue weighted by Gasteiger charge is 2.17. The van der Waals surface area contributed by atoms with Crippen molar-refractivity contribution in [3.05, 3.63) is 0 Å². The number of rotatable bonds is 5. The molecule has 1 unspecified atom stereocenters. The van der Waals surface area contributed by atoms with Crippen LogP contribution in [0.3, 0.4) is 0 Å². The molecule has 1 rings (SSSR count). The first-order valence-corrected chi connectivity index (χ1v) is 6.46. The summed E-state index contributed by atoms with van der Waals surface area (Å²) in [7, 11) is 2.14. The standard InChI is InChI=1S/C13H27NO/c1-11(2)13(15)10-14(3)9-12-7-5-4-6-8-12/h11-13,15H,4-10H2,1-3H3. The largest absolute Gasteiger partial charge is 0.392 e. The monoisotopic (exact) mass is 213 g/mol. The molecule has 0 aliphatic heterocycles. The van der Waals surface area contributed by atoms with Gasteiger partial charge in [0.1, 0.15) is 0 Å². The van der Waals surface area contributed by atoms with Crippen LogP contribution < -0.4 is 0 Å². The van der Waals surface area contributed by atoms with Crippen LogP contribution in [0.1, 0.15) is 46.0 Å². The van der Waals surface area contributed by atoms with Gasteiger partial charge in [-0.2, -0.15) is 0 Å². The first kappa shape index (κ1) is 13.0. The predicted octanol–water partition coefficient (Wildman–Crippen LogP) is 2.52. The molecule has 1 N–H and O–H groups in total. The Bertz CT molecular complexity index is 164. The van der Waals surface area contributed by atoms with Gasteiger partial charge in [0.2, 0.25) is 0 Å². The van der Waals surface area contributed by atoms with Crippen LogP contribution in [0.5, 0.6) is 0 Å². The third kappa shape index (κ3) is 4.98. The van der Waals surface area contributed by atoms with Gasteiger partial charge in [-0.1, -0.05) is 33.1 Å². The van der Waals surface area contributed by atoms with Gasteiger partial charge in [0.15, 0.2) is 0 Å². The summed E-state index contributed by atoms with van der Waals surface area (Å²) < 4.78 is 0. The zero-order valence-corrected chi connectivity index (χ0v) is 10.6. The second-order valence-corrected chi connectivity index (χ2v) is 5.54. The van der Waals surface area contributed by atoms with Gasteiger partial charge < -0.3 is 10.0 Å². The predicted molar refractivity (Wildman–Crippen MR) is 64.9 cm³/mol. The highest BCUT2D eigenvalue weighted by Crippen LogP contribution is 2.24. The molecule has 90 valence electrons. The maximum Gasteiger partial charge on any atom is 0.0689 e. The summed E-state index contributed by atoms with van der Waals surface area (Å²) in [5.41, 5.74) is 0. The number of hydrogen-bond donors (Lipinski definition) is 1. The summed E-state index contributed by atoms with van der Waals surface area (Å²) in [6, 6.07) is 0. The first-order chi connectivity index (χ1) is 7.09. The Morgan fingerprint density at radius 2 is 1.80 bits per heavy atom. The van der Waals surface area contributed by atoms with E-state index in [-0.39, 0.29) is 6.10 Å².